The number of hydrogen-bond acceptors (Lipinski definition) is 6. The maximum atomic E-state index is 12.7. The number of sulfonamides is 2. The standard InChI is InChI=1S/C24H22N4O5S2/c1-34(30,31)28(23-10-4-7-18-6-2-3-9-22(18)23)17-24(29)26-19-11-13-21(14-12-19)35(32,33)27-20-8-5-15-25-16-20/h2-16,27H,17H2,1H3,(H,26,29). The third-order valence-electron chi connectivity index (χ3n) is 5.08. The zero-order valence-electron chi connectivity index (χ0n) is 18.6. The molecule has 1 heterocycles. The Hall–Kier alpha value is -3.96. The lowest BCUT2D eigenvalue weighted by Crippen LogP contribution is -2.37. The van der Waals surface area contributed by atoms with Crippen molar-refractivity contribution in [1.29, 1.82) is 0 Å². The fourth-order valence-corrected chi connectivity index (χ4v) is 5.40. The number of anilines is 3. The number of benzene rings is 3. The first-order chi connectivity index (χ1) is 16.6. The summed E-state index contributed by atoms with van der Waals surface area (Å²) in [6, 6.07) is 21.2. The minimum absolute atomic E-state index is 0.00660. The van der Waals surface area contributed by atoms with Crippen LogP contribution in [0.3, 0.4) is 0 Å². The molecule has 0 aliphatic heterocycles. The van der Waals surface area contributed by atoms with Gasteiger partial charge >= 0.3 is 0 Å². The fraction of sp³-hybridized carbons (Fsp3) is 0.0833. The number of carbonyl (C=O) groups excluding carboxylic acids is 1. The normalized spacial score (nSPS) is 11.7. The van der Waals surface area contributed by atoms with Crippen molar-refractivity contribution >= 4 is 53.8 Å². The minimum atomic E-state index is -3.84. The van der Waals surface area contributed by atoms with Gasteiger partial charge in [-0.05, 0) is 47.9 Å². The van der Waals surface area contributed by atoms with Crippen LogP contribution < -0.4 is 14.3 Å². The van der Waals surface area contributed by atoms with Crippen LogP contribution in [0.25, 0.3) is 10.8 Å². The van der Waals surface area contributed by atoms with E-state index in [0.717, 1.165) is 15.9 Å². The van der Waals surface area contributed by atoms with Crippen molar-refractivity contribution in [3.05, 3.63) is 91.3 Å². The van der Waals surface area contributed by atoms with Crippen LogP contribution in [-0.4, -0.2) is 40.5 Å². The molecule has 180 valence electrons. The molecule has 0 unspecified atom stereocenters. The lowest BCUT2D eigenvalue weighted by atomic mass is 10.1. The molecule has 35 heavy (non-hydrogen) atoms. The summed E-state index contributed by atoms with van der Waals surface area (Å²) in [7, 11) is -7.62. The highest BCUT2D eigenvalue weighted by Crippen LogP contribution is 2.28. The van der Waals surface area contributed by atoms with Gasteiger partial charge < -0.3 is 5.32 Å². The Bertz CT molecular complexity index is 1570. The number of nitrogens with one attached hydrogen (secondary N) is 2. The quantitative estimate of drug-likeness (QED) is 0.374. The SMILES string of the molecule is CS(=O)(=O)N(CC(=O)Nc1ccc(S(=O)(=O)Nc2cccnc2)cc1)c1cccc2ccccc12. The second-order valence-corrected chi connectivity index (χ2v) is 11.3. The maximum absolute atomic E-state index is 12.7. The van der Waals surface area contributed by atoms with E-state index in [0.29, 0.717) is 22.4 Å². The Morgan fingerprint density at radius 3 is 2.26 bits per heavy atom. The van der Waals surface area contributed by atoms with Gasteiger partial charge in [0.1, 0.15) is 6.54 Å². The molecule has 0 saturated heterocycles. The van der Waals surface area contributed by atoms with Crippen LogP contribution in [0.5, 0.6) is 0 Å². The molecular formula is C24H22N4O5S2. The molecule has 1 amide bonds. The van der Waals surface area contributed by atoms with Gasteiger partial charge in [-0.25, -0.2) is 16.8 Å². The van der Waals surface area contributed by atoms with Crippen LogP contribution in [0, 0.1) is 0 Å². The third kappa shape index (κ3) is 5.76. The van der Waals surface area contributed by atoms with E-state index in [4.69, 9.17) is 0 Å². The fourth-order valence-electron chi connectivity index (χ4n) is 3.49. The van der Waals surface area contributed by atoms with Crippen LogP contribution in [0.15, 0.2) is 96.2 Å². The first-order valence-corrected chi connectivity index (χ1v) is 13.7. The van der Waals surface area contributed by atoms with E-state index in [1.54, 1.807) is 36.4 Å². The number of aromatic nitrogens is 1. The predicted molar refractivity (Wildman–Crippen MR) is 136 cm³/mol. The molecule has 3 aromatic carbocycles. The van der Waals surface area contributed by atoms with Crippen molar-refractivity contribution in [3.63, 3.8) is 0 Å². The van der Waals surface area contributed by atoms with Gasteiger partial charge in [0.15, 0.2) is 0 Å². The van der Waals surface area contributed by atoms with Crippen molar-refractivity contribution < 1.29 is 21.6 Å². The monoisotopic (exact) mass is 510 g/mol. The largest absolute Gasteiger partial charge is 0.325 e. The Morgan fingerprint density at radius 2 is 1.57 bits per heavy atom. The van der Waals surface area contributed by atoms with Crippen LogP contribution >= 0.6 is 0 Å². The Labute approximate surface area is 203 Å². The van der Waals surface area contributed by atoms with Gasteiger partial charge in [-0.2, -0.15) is 0 Å². The number of pyridine rings is 1. The van der Waals surface area contributed by atoms with Crippen molar-refractivity contribution in [1.82, 2.24) is 4.98 Å². The number of fused-ring (bicyclic) bond motifs is 1. The maximum Gasteiger partial charge on any atom is 0.261 e. The van der Waals surface area contributed by atoms with E-state index in [1.165, 1.54) is 36.7 Å². The molecule has 1 aromatic heterocycles. The van der Waals surface area contributed by atoms with Gasteiger partial charge in [0.25, 0.3) is 10.0 Å². The minimum Gasteiger partial charge on any atom is -0.325 e. The van der Waals surface area contributed by atoms with Crippen LogP contribution in [0.1, 0.15) is 0 Å². The summed E-state index contributed by atoms with van der Waals surface area (Å²) in [6.07, 6.45) is 3.95. The highest BCUT2D eigenvalue weighted by molar-refractivity contribution is 7.92. The molecular weight excluding hydrogens is 488 g/mol. The van der Waals surface area contributed by atoms with E-state index in [9.17, 15) is 21.6 Å². The van der Waals surface area contributed by atoms with Crippen LogP contribution in [-0.2, 0) is 24.8 Å². The van der Waals surface area contributed by atoms with E-state index >= 15 is 0 Å². The summed E-state index contributed by atoms with van der Waals surface area (Å²) >= 11 is 0. The Morgan fingerprint density at radius 1 is 0.857 bits per heavy atom. The topological polar surface area (TPSA) is 126 Å². The van der Waals surface area contributed by atoms with E-state index in [1.807, 2.05) is 18.2 Å². The number of nitrogens with zero attached hydrogens (tertiary/aromatic N) is 2. The number of hydrogen-bond donors (Lipinski definition) is 2. The average molecular weight is 511 g/mol. The van der Waals surface area contributed by atoms with Gasteiger partial charge in [0, 0.05) is 17.3 Å². The molecule has 0 atom stereocenters. The summed E-state index contributed by atoms with van der Waals surface area (Å²) in [5.41, 5.74) is 1.03. The number of carbonyl (C=O) groups is 1. The van der Waals surface area contributed by atoms with Gasteiger partial charge in [-0.1, -0.05) is 36.4 Å². The molecule has 0 aliphatic rings. The second-order valence-electron chi connectivity index (χ2n) is 7.69. The first kappa shape index (κ1) is 24.2. The van der Waals surface area contributed by atoms with Crippen molar-refractivity contribution in [2.45, 2.75) is 4.90 Å². The highest BCUT2D eigenvalue weighted by Gasteiger charge is 2.23. The average Bonchev–Trinajstić information content (AvgIpc) is 2.82. The summed E-state index contributed by atoms with van der Waals surface area (Å²) in [5, 5.41) is 4.16. The van der Waals surface area contributed by atoms with Crippen molar-refractivity contribution in [2.75, 3.05) is 27.1 Å². The van der Waals surface area contributed by atoms with Crippen LogP contribution in [0.2, 0.25) is 0 Å². The molecule has 4 aromatic rings. The van der Waals surface area contributed by atoms with Gasteiger partial charge in [0.2, 0.25) is 15.9 Å². The lowest BCUT2D eigenvalue weighted by molar-refractivity contribution is -0.114. The summed E-state index contributed by atoms with van der Waals surface area (Å²) < 4.78 is 53.6. The van der Waals surface area contributed by atoms with Gasteiger partial charge in [0.05, 0.1) is 28.7 Å². The smallest absolute Gasteiger partial charge is 0.261 e. The summed E-state index contributed by atoms with van der Waals surface area (Å²) in [6.45, 7) is -0.449. The molecule has 0 aliphatic carbocycles. The van der Waals surface area contributed by atoms with Crippen LogP contribution in [0.4, 0.5) is 17.1 Å². The molecule has 2 N–H and O–H groups in total. The van der Waals surface area contributed by atoms with E-state index < -0.39 is 32.5 Å². The second kappa shape index (κ2) is 9.72. The van der Waals surface area contributed by atoms with E-state index in [-0.39, 0.29) is 4.90 Å². The zero-order chi connectivity index (χ0) is 25.1. The Balaban J connectivity index is 1.51. The van der Waals surface area contributed by atoms with Crippen molar-refractivity contribution in [2.24, 2.45) is 0 Å². The molecule has 11 heteroatoms. The Kier molecular flexibility index (Phi) is 6.72. The highest BCUT2D eigenvalue weighted by atomic mass is 32.2. The first-order valence-electron chi connectivity index (χ1n) is 10.4. The summed E-state index contributed by atoms with van der Waals surface area (Å²) in [5.74, 6) is -0.576. The van der Waals surface area contributed by atoms with Crippen molar-refractivity contribution in [3.8, 4) is 0 Å². The number of rotatable bonds is 8. The molecule has 0 bridgehead atoms. The lowest BCUT2D eigenvalue weighted by Gasteiger charge is -2.23. The van der Waals surface area contributed by atoms with Gasteiger partial charge in [-0.3, -0.25) is 18.8 Å². The predicted octanol–water partition coefficient (Wildman–Crippen LogP) is 3.44. The molecule has 4 rings (SSSR count). The third-order valence-corrected chi connectivity index (χ3v) is 7.61. The van der Waals surface area contributed by atoms with Gasteiger partial charge in [-0.15, -0.1) is 0 Å². The molecule has 9 nitrogen and oxygen atoms in total. The van der Waals surface area contributed by atoms with E-state index in [2.05, 4.69) is 15.0 Å². The zero-order valence-corrected chi connectivity index (χ0v) is 20.3. The molecule has 0 saturated carbocycles. The molecule has 0 fully saturated rings. The molecule has 0 radical (unpaired) electrons. The molecule has 0 spiro atoms. The number of amides is 1. The summed E-state index contributed by atoms with van der Waals surface area (Å²) in [4.78, 5) is 16.6.